The Bertz CT molecular complexity index is 223. The van der Waals surface area contributed by atoms with Crippen molar-refractivity contribution >= 4 is 0 Å². The zero-order chi connectivity index (χ0) is 12.0. The summed E-state index contributed by atoms with van der Waals surface area (Å²) < 4.78 is 24.3. The molecule has 0 radical (unpaired) electrons. The first-order valence-electron chi connectivity index (χ1n) is 5.83. The number of piperidine rings is 1. The van der Waals surface area contributed by atoms with Crippen LogP contribution in [0.15, 0.2) is 11.9 Å². The summed E-state index contributed by atoms with van der Waals surface area (Å²) in [5, 5.41) is 3.24. The van der Waals surface area contributed by atoms with Gasteiger partial charge in [0.25, 0.3) is 6.43 Å². The van der Waals surface area contributed by atoms with Gasteiger partial charge in [0.2, 0.25) is 0 Å². The minimum Gasteiger partial charge on any atom is -0.401 e. The Morgan fingerprint density at radius 2 is 2.12 bits per heavy atom. The van der Waals surface area contributed by atoms with Crippen LogP contribution in [-0.2, 0) is 0 Å². The van der Waals surface area contributed by atoms with Crippen LogP contribution in [0.2, 0.25) is 0 Å². The molecule has 0 bridgehead atoms. The van der Waals surface area contributed by atoms with Crippen LogP contribution in [0.25, 0.3) is 0 Å². The third kappa shape index (κ3) is 4.79. The first-order chi connectivity index (χ1) is 7.61. The lowest BCUT2D eigenvalue weighted by Gasteiger charge is -2.31. The molecule has 0 saturated carbocycles. The second-order valence-corrected chi connectivity index (χ2v) is 4.21. The Kier molecular flexibility index (Phi) is 5.52. The molecule has 0 aliphatic carbocycles. The molecule has 0 unspecified atom stereocenters. The van der Waals surface area contributed by atoms with Gasteiger partial charge >= 0.3 is 0 Å². The molecular formula is C11H21F2N3. The Labute approximate surface area is 95.7 Å². The number of hydrogen-bond acceptors (Lipinski definition) is 3. The first-order valence-corrected chi connectivity index (χ1v) is 5.83. The summed E-state index contributed by atoms with van der Waals surface area (Å²) >= 11 is 0. The van der Waals surface area contributed by atoms with E-state index < -0.39 is 6.43 Å². The van der Waals surface area contributed by atoms with E-state index in [2.05, 4.69) is 5.32 Å². The van der Waals surface area contributed by atoms with Crippen molar-refractivity contribution in [2.75, 3.05) is 19.6 Å². The van der Waals surface area contributed by atoms with Crippen molar-refractivity contribution in [3.63, 3.8) is 0 Å². The fourth-order valence-corrected chi connectivity index (χ4v) is 1.80. The Morgan fingerprint density at radius 3 is 2.62 bits per heavy atom. The number of allylic oxidation sites excluding steroid dienone is 1. The number of rotatable bonds is 5. The van der Waals surface area contributed by atoms with E-state index in [4.69, 9.17) is 5.73 Å². The van der Waals surface area contributed by atoms with E-state index in [9.17, 15) is 8.78 Å². The molecule has 1 fully saturated rings. The predicted molar refractivity (Wildman–Crippen MR) is 61.2 cm³/mol. The van der Waals surface area contributed by atoms with Crippen molar-refractivity contribution in [1.29, 1.82) is 0 Å². The van der Waals surface area contributed by atoms with E-state index in [1.807, 2.05) is 18.0 Å². The molecule has 1 rings (SSSR count). The normalized spacial score (nSPS) is 20.4. The minimum atomic E-state index is -2.22. The van der Waals surface area contributed by atoms with Crippen LogP contribution in [-0.4, -0.2) is 37.0 Å². The van der Waals surface area contributed by atoms with Crippen LogP contribution in [0.5, 0.6) is 0 Å². The number of nitrogens with two attached hydrogens (primary N) is 1. The highest BCUT2D eigenvalue weighted by molar-refractivity contribution is 4.95. The summed E-state index contributed by atoms with van der Waals surface area (Å²) in [5.41, 5.74) is 6.50. The molecular weight excluding hydrogens is 212 g/mol. The zero-order valence-corrected chi connectivity index (χ0v) is 9.76. The molecule has 16 heavy (non-hydrogen) atoms. The van der Waals surface area contributed by atoms with Gasteiger partial charge in [-0.25, -0.2) is 8.78 Å². The molecule has 0 atom stereocenters. The Hall–Kier alpha value is -0.840. The quantitative estimate of drug-likeness (QED) is 0.756. The predicted octanol–water partition coefficient (Wildman–Crippen LogP) is 1.52. The lowest BCUT2D eigenvalue weighted by Crippen LogP contribution is -2.42. The van der Waals surface area contributed by atoms with Crippen molar-refractivity contribution < 1.29 is 8.78 Å². The highest BCUT2D eigenvalue weighted by atomic mass is 19.3. The molecule has 1 aliphatic rings. The average molecular weight is 233 g/mol. The maximum Gasteiger partial charge on any atom is 0.251 e. The number of nitrogens with zero attached hydrogens (tertiary/aromatic N) is 1. The molecule has 0 amide bonds. The number of halogens is 2. The summed E-state index contributed by atoms with van der Waals surface area (Å²) in [6, 6.07) is 0.374. The van der Waals surface area contributed by atoms with Crippen LogP contribution in [0.1, 0.15) is 26.2 Å². The second-order valence-electron chi connectivity index (χ2n) is 4.21. The second kappa shape index (κ2) is 6.68. The average Bonchev–Trinajstić information content (AvgIpc) is 2.27. The van der Waals surface area contributed by atoms with Crippen LogP contribution in [0.4, 0.5) is 8.78 Å². The van der Waals surface area contributed by atoms with Gasteiger partial charge in [-0.3, -0.25) is 4.90 Å². The number of likely N-dealkylation sites (tertiary alicyclic amines) is 1. The lowest BCUT2D eigenvalue weighted by molar-refractivity contribution is 0.0741. The molecule has 1 heterocycles. The summed E-state index contributed by atoms with van der Waals surface area (Å²) in [6.07, 6.45) is 2.26. The molecule has 0 aromatic carbocycles. The fourth-order valence-electron chi connectivity index (χ4n) is 1.80. The van der Waals surface area contributed by atoms with Crippen LogP contribution in [0.3, 0.4) is 0 Å². The van der Waals surface area contributed by atoms with E-state index in [1.54, 1.807) is 0 Å². The molecule has 0 spiro atoms. The van der Waals surface area contributed by atoms with Crippen LogP contribution >= 0.6 is 0 Å². The van der Waals surface area contributed by atoms with Gasteiger partial charge in [0, 0.05) is 31.0 Å². The highest BCUT2D eigenvalue weighted by Gasteiger charge is 2.20. The first kappa shape index (κ1) is 13.2. The highest BCUT2D eigenvalue weighted by Crippen LogP contribution is 2.11. The van der Waals surface area contributed by atoms with E-state index in [-0.39, 0.29) is 6.54 Å². The molecule has 3 N–H and O–H groups in total. The summed E-state index contributed by atoms with van der Waals surface area (Å²) in [7, 11) is 0. The van der Waals surface area contributed by atoms with Crippen LogP contribution < -0.4 is 11.1 Å². The van der Waals surface area contributed by atoms with Gasteiger partial charge in [0.1, 0.15) is 0 Å². The standard InChI is InChI=1S/C11H21F2N3/c1-2-9(14)7-15-10-3-5-16(6-4-10)8-11(12)13/h7,10-11,15H,2-6,8,14H2,1H3/b9-7-. The molecule has 94 valence electrons. The monoisotopic (exact) mass is 233 g/mol. The van der Waals surface area contributed by atoms with Gasteiger partial charge in [-0.2, -0.15) is 0 Å². The van der Waals surface area contributed by atoms with Crippen molar-refractivity contribution in [2.45, 2.75) is 38.7 Å². The Balaban J connectivity index is 2.22. The van der Waals surface area contributed by atoms with Crippen molar-refractivity contribution in [1.82, 2.24) is 10.2 Å². The third-order valence-electron chi connectivity index (χ3n) is 2.90. The zero-order valence-electron chi connectivity index (χ0n) is 9.76. The molecule has 1 aliphatic heterocycles. The largest absolute Gasteiger partial charge is 0.401 e. The van der Waals surface area contributed by atoms with E-state index >= 15 is 0 Å². The SMILES string of the molecule is CC/C(N)=C/NC1CCN(CC(F)F)CC1. The number of nitrogens with one attached hydrogen (secondary N) is 1. The summed E-state index contributed by atoms with van der Waals surface area (Å²) in [6.45, 7) is 3.38. The third-order valence-corrected chi connectivity index (χ3v) is 2.90. The van der Waals surface area contributed by atoms with E-state index in [0.29, 0.717) is 6.04 Å². The van der Waals surface area contributed by atoms with Gasteiger partial charge < -0.3 is 11.1 Å². The maximum atomic E-state index is 12.1. The smallest absolute Gasteiger partial charge is 0.251 e. The molecule has 0 aromatic heterocycles. The van der Waals surface area contributed by atoms with Crippen molar-refractivity contribution in [2.24, 2.45) is 5.73 Å². The molecule has 5 heteroatoms. The van der Waals surface area contributed by atoms with Gasteiger partial charge in [0.05, 0.1) is 6.54 Å². The topological polar surface area (TPSA) is 41.3 Å². The number of hydrogen-bond donors (Lipinski definition) is 2. The summed E-state index contributed by atoms with van der Waals surface area (Å²) in [5.74, 6) is 0. The van der Waals surface area contributed by atoms with Crippen molar-refractivity contribution in [3.8, 4) is 0 Å². The van der Waals surface area contributed by atoms with Gasteiger partial charge in [-0.15, -0.1) is 0 Å². The van der Waals surface area contributed by atoms with Gasteiger partial charge in [0.15, 0.2) is 0 Å². The molecule has 3 nitrogen and oxygen atoms in total. The summed E-state index contributed by atoms with van der Waals surface area (Å²) in [4.78, 5) is 1.82. The van der Waals surface area contributed by atoms with Gasteiger partial charge in [-0.05, 0) is 19.3 Å². The van der Waals surface area contributed by atoms with Gasteiger partial charge in [-0.1, -0.05) is 6.92 Å². The molecule has 0 aromatic rings. The lowest BCUT2D eigenvalue weighted by atomic mass is 10.1. The Morgan fingerprint density at radius 1 is 1.50 bits per heavy atom. The maximum absolute atomic E-state index is 12.1. The van der Waals surface area contributed by atoms with Crippen LogP contribution in [0, 0.1) is 0 Å². The van der Waals surface area contributed by atoms with E-state index in [1.165, 1.54) is 0 Å². The van der Waals surface area contributed by atoms with Crippen molar-refractivity contribution in [3.05, 3.63) is 11.9 Å². The fraction of sp³-hybridized carbons (Fsp3) is 0.818. The molecule has 1 saturated heterocycles. The number of alkyl halides is 2. The van der Waals surface area contributed by atoms with E-state index in [0.717, 1.165) is 38.0 Å². The minimum absolute atomic E-state index is 0.0976.